The standard InChI is InChI=1S/C28H26N2O4S/c1-18-7-6-8-21(14-18)17-34-24-10-5-4-9-22(24)15-25-27(32)30(28(33)35-25)16-26(31)29-23-12-11-19(2)13-20(23)3/h4-15H,16-17H2,1-3H3,(H,29,31)/b25-15+. The number of hydrogen-bond acceptors (Lipinski definition) is 5. The van der Waals surface area contributed by atoms with Crippen molar-refractivity contribution in [3.8, 4) is 5.75 Å². The zero-order valence-corrected chi connectivity index (χ0v) is 20.6. The molecular formula is C28H26N2O4S. The summed E-state index contributed by atoms with van der Waals surface area (Å²) in [6.07, 6.45) is 1.64. The minimum atomic E-state index is -0.496. The number of nitrogens with zero attached hydrogens (tertiary/aromatic N) is 1. The van der Waals surface area contributed by atoms with Crippen molar-refractivity contribution in [2.45, 2.75) is 27.4 Å². The number of thioether (sulfide) groups is 1. The highest BCUT2D eigenvalue weighted by Crippen LogP contribution is 2.34. The van der Waals surface area contributed by atoms with Crippen LogP contribution in [-0.2, 0) is 16.2 Å². The highest BCUT2D eigenvalue weighted by atomic mass is 32.2. The molecule has 1 saturated heterocycles. The zero-order valence-electron chi connectivity index (χ0n) is 19.8. The van der Waals surface area contributed by atoms with Gasteiger partial charge in [0.25, 0.3) is 11.1 Å². The van der Waals surface area contributed by atoms with Crippen LogP contribution in [0, 0.1) is 20.8 Å². The molecule has 7 heteroatoms. The maximum Gasteiger partial charge on any atom is 0.294 e. The van der Waals surface area contributed by atoms with Gasteiger partial charge in [0, 0.05) is 11.3 Å². The van der Waals surface area contributed by atoms with E-state index in [-0.39, 0.29) is 11.4 Å². The molecule has 35 heavy (non-hydrogen) atoms. The van der Waals surface area contributed by atoms with Gasteiger partial charge in [-0.05, 0) is 61.9 Å². The van der Waals surface area contributed by atoms with Crippen LogP contribution in [0.3, 0.4) is 0 Å². The van der Waals surface area contributed by atoms with Crippen LogP contribution in [0.4, 0.5) is 10.5 Å². The number of amides is 3. The largest absolute Gasteiger partial charge is 0.488 e. The Hall–Kier alpha value is -3.84. The Morgan fingerprint density at radius 2 is 1.74 bits per heavy atom. The van der Waals surface area contributed by atoms with Gasteiger partial charge in [-0.1, -0.05) is 65.7 Å². The van der Waals surface area contributed by atoms with Crippen LogP contribution >= 0.6 is 11.8 Å². The van der Waals surface area contributed by atoms with Crippen molar-refractivity contribution < 1.29 is 19.1 Å². The molecule has 6 nitrogen and oxygen atoms in total. The summed E-state index contributed by atoms with van der Waals surface area (Å²) in [7, 11) is 0. The highest BCUT2D eigenvalue weighted by molar-refractivity contribution is 8.18. The summed E-state index contributed by atoms with van der Waals surface area (Å²) < 4.78 is 6.00. The summed E-state index contributed by atoms with van der Waals surface area (Å²) in [4.78, 5) is 39.2. The molecule has 1 heterocycles. The van der Waals surface area contributed by atoms with Crippen molar-refractivity contribution in [3.05, 3.63) is 99.5 Å². The van der Waals surface area contributed by atoms with Gasteiger partial charge < -0.3 is 10.1 Å². The van der Waals surface area contributed by atoms with E-state index >= 15 is 0 Å². The average molecular weight is 487 g/mol. The summed E-state index contributed by atoms with van der Waals surface area (Å²) in [5.74, 6) is -0.319. The molecule has 0 spiro atoms. The van der Waals surface area contributed by atoms with Crippen LogP contribution in [0.2, 0.25) is 0 Å². The lowest BCUT2D eigenvalue weighted by Crippen LogP contribution is -2.36. The average Bonchev–Trinajstić information content (AvgIpc) is 3.08. The third-order valence-corrected chi connectivity index (χ3v) is 6.42. The molecule has 1 fully saturated rings. The van der Waals surface area contributed by atoms with E-state index in [0.717, 1.165) is 38.9 Å². The smallest absolute Gasteiger partial charge is 0.294 e. The van der Waals surface area contributed by atoms with E-state index < -0.39 is 17.1 Å². The van der Waals surface area contributed by atoms with E-state index in [2.05, 4.69) is 11.4 Å². The summed E-state index contributed by atoms with van der Waals surface area (Å²) in [6.45, 7) is 5.92. The number of carbonyl (C=O) groups is 3. The first-order valence-corrected chi connectivity index (χ1v) is 12.0. The SMILES string of the molecule is Cc1cccc(COc2ccccc2/C=C2/SC(=O)N(CC(=O)Nc3ccc(C)cc3C)C2=O)c1. The van der Waals surface area contributed by atoms with Gasteiger partial charge in [0.1, 0.15) is 18.9 Å². The molecule has 1 N–H and O–H groups in total. The molecule has 3 amide bonds. The van der Waals surface area contributed by atoms with Crippen LogP contribution in [0.5, 0.6) is 5.75 Å². The molecule has 1 aliphatic rings. The Labute approximate surface area is 209 Å². The number of aryl methyl sites for hydroxylation is 3. The van der Waals surface area contributed by atoms with Crippen molar-refractivity contribution in [1.82, 2.24) is 4.90 Å². The molecule has 178 valence electrons. The number of anilines is 1. The quantitative estimate of drug-likeness (QED) is 0.423. The van der Waals surface area contributed by atoms with Crippen molar-refractivity contribution >= 4 is 40.6 Å². The summed E-state index contributed by atoms with van der Waals surface area (Å²) in [6, 6.07) is 21.0. The van der Waals surface area contributed by atoms with Crippen LogP contribution in [0.15, 0.2) is 71.6 Å². The van der Waals surface area contributed by atoms with Gasteiger partial charge in [0.05, 0.1) is 4.91 Å². The normalized spacial score (nSPS) is 14.5. The Kier molecular flexibility index (Phi) is 7.36. The van der Waals surface area contributed by atoms with Crippen molar-refractivity contribution in [3.63, 3.8) is 0 Å². The molecule has 3 aromatic carbocycles. The van der Waals surface area contributed by atoms with E-state index in [1.165, 1.54) is 0 Å². The molecule has 4 rings (SSSR count). The van der Waals surface area contributed by atoms with Crippen LogP contribution < -0.4 is 10.1 Å². The van der Waals surface area contributed by atoms with Gasteiger partial charge in [-0.3, -0.25) is 19.3 Å². The Balaban J connectivity index is 1.45. The number of rotatable bonds is 7. The fraction of sp³-hybridized carbons (Fsp3) is 0.179. The second kappa shape index (κ2) is 10.6. The fourth-order valence-electron chi connectivity index (χ4n) is 3.76. The van der Waals surface area contributed by atoms with E-state index in [9.17, 15) is 14.4 Å². The molecule has 0 saturated carbocycles. The molecule has 3 aromatic rings. The minimum absolute atomic E-state index is 0.251. The van der Waals surface area contributed by atoms with E-state index in [1.807, 2.05) is 81.4 Å². The Morgan fingerprint density at radius 3 is 2.51 bits per heavy atom. The molecule has 0 atom stereocenters. The summed E-state index contributed by atoms with van der Waals surface area (Å²) in [5.41, 5.74) is 5.52. The first kappa shape index (κ1) is 24.3. The van der Waals surface area contributed by atoms with Crippen molar-refractivity contribution in [2.75, 3.05) is 11.9 Å². The second-order valence-corrected chi connectivity index (χ2v) is 9.44. The van der Waals surface area contributed by atoms with Crippen LogP contribution in [0.1, 0.15) is 27.8 Å². The third kappa shape index (κ3) is 6.00. The van der Waals surface area contributed by atoms with Crippen molar-refractivity contribution in [1.29, 1.82) is 0 Å². The van der Waals surface area contributed by atoms with Crippen molar-refractivity contribution in [2.24, 2.45) is 0 Å². The van der Waals surface area contributed by atoms with Gasteiger partial charge >= 0.3 is 0 Å². The number of ether oxygens (including phenoxy) is 1. The predicted octanol–water partition coefficient (Wildman–Crippen LogP) is 5.87. The van der Waals surface area contributed by atoms with Gasteiger partial charge in [-0.15, -0.1) is 0 Å². The number of para-hydroxylation sites is 1. The lowest BCUT2D eigenvalue weighted by atomic mass is 10.1. The molecule has 0 bridgehead atoms. The second-order valence-electron chi connectivity index (χ2n) is 8.45. The topological polar surface area (TPSA) is 75.7 Å². The Bertz CT molecular complexity index is 1330. The van der Waals surface area contributed by atoms with Gasteiger partial charge in [-0.2, -0.15) is 0 Å². The van der Waals surface area contributed by atoms with Gasteiger partial charge in [0.2, 0.25) is 5.91 Å². The maximum atomic E-state index is 12.9. The molecule has 1 aliphatic heterocycles. The maximum absolute atomic E-state index is 12.9. The van der Waals surface area contributed by atoms with E-state index in [1.54, 1.807) is 6.08 Å². The lowest BCUT2D eigenvalue weighted by Gasteiger charge is -2.14. The molecule has 0 aromatic heterocycles. The van der Waals surface area contributed by atoms with Gasteiger partial charge in [0.15, 0.2) is 0 Å². The Morgan fingerprint density at radius 1 is 0.971 bits per heavy atom. The molecular weight excluding hydrogens is 460 g/mol. The summed E-state index contributed by atoms with van der Waals surface area (Å²) in [5, 5.41) is 2.30. The first-order chi connectivity index (χ1) is 16.8. The number of nitrogens with one attached hydrogen (secondary N) is 1. The third-order valence-electron chi connectivity index (χ3n) is 5.51. The highest BCUT2D eigenvalue weighted by Gasteiger charge is 2.36. The zero-order chi connectivity index (χ0) is 24.9. The predicted molar refractivity (Wildman–Crippen MR) is 139 cm³/mol. The molecule has 0 radical (unpaired) electrons. The monoisotopic (exact) mass is 486 g/mol. The number of carbonyl (C=O) groups excluding carboxylic acids is 3. The minimum Gasteiger partial charge on any atom is -0.488 e. The van der Waals surface area contributed by atoms with Gasteiger partial charge in [-0.25, -0.2) is 0 Å². The fourth-order valence-corrected chi connectivity index (χ4v) is 4.59. The molecule has 0 unspecified atom stereocenters. The lowest BCUT2D eigenvalue weighted by molar-refractivity contribution is -0.127. The first-order valence-electron chi connectivity index (χ1n) is 11.2. The summed E-state index contributed by atoms with van der Waals surface area (Å²) >= 11 is 0.818. The van der Waals surface area contributed by atoms with Crippen LogP contribution in [-0.4, -0.2) is 28.5 Å². The van der Waals surface area contributed by atoms with E-state index in [0.29, 0.717) is 23.6 Å². The number of hydrogen-bond donors (Lipinski definition) is 1. The van der Waals surface area contributed by atoms with E-state index in [4.69, 9.17) is 4.74 Å². The van der Waals surface area contributed by atoms with Crippen LogP contribution in [0.25, 0.3) is 6.08 Å². The molecule has 0 aliphatic carbocycles. The number of imide groups is 1. The number of benzene rings is 3.